The van der Waals surface area contributed by atoms with Gasteiger partial charge in [-0.25, -0.2) is 4.79 Å². The van der Waals surface area contributed by atoms with E-state index in [1.165, 1.54) is 6.07 Å². The second-order valence-corrected chi connectivity index (χ2v) is 3.51. The summed E-state index contributed by atoms with van der Waals surface area (Å²) in [7, 11) is 0. The van der Waals surface area contributed by atoms with Crippen LogP contribution in [0.1, 0.15) is 23.2 Å². The fourth-order valence-electron chi connectivity index (χ4n) is 1.72. The highest BCUT2D eigenvalue weighted by molar-refractivity contribution is 5.93. The maximum atomic E-state index is 11.0. The first kappa shape index (κ1) is 9.70. The standard InChI is InChI=1S/C9H12N4O2/c10-7-5-6(9(14)15)8(12-11-7)13-3-1-2-4-13/h5H,1-4H2,(H2,10,11)(H,14,15). The summed E-state index contributed by atoms with van der Waals surface area (Å²) in [6.07, 6.45) is 2.12. The first-order valence-electron chi connectivity index (χ1n) is 4.80. The average molecular weight is 208 g/mol. The van der Waals surface area contributed by atoms with Crippen LogP contribution >= 0.6 is 0 Å². The van der Waals surface area contributed by atoms with Crippen molar-refractivity contribution in [2.75, 3.05) is 23.7 Å². The van der Waals surface area contributed by atoms with E-state index < -0.39 is 5.97 Å². The van der Waals surface area contributed by atoms with Crippen molar-refractivity contribution in [2.24, 2.45) is 0 Å². The van der Waals surface area contributed by atoms with Crippen molar-refractivity contribution >= 4 is 17.6 Å². The molecule has 0 radical (unpaired) electrons. The summed E-state index contributed by atoms with van der Waals surface area (Å²) in [5, 5.41) is 16.5. The average Bonchev–Trinajstić information content (AvgIpc) is 2.70. The number of nitrogen functional groups attached to an aromatic ring is 1. The van der Waals surface area contributed by atoms with Crippen LogP contribution in [0.3, 0.4) is 0 Å². The first-order chi connectivity index (χ1) is 7.18. The fourth-order valence-corrected chi connectivity index (χ4v) is 1.72. The monoisotopic (exact) mass is 208 g/mol. The van der Waals surface area contributed by atoms with Crippen LogP contribution < -0.4 is 10.6 Å². The molecule has 0 saturated carbocycles. The Kier molecular flexibility index (Phi) is 2.40. The van der Waals surface area contributed by atoms with Gasteiger partial charge in [0.1, 0.15) is 11.4 Å². The molecule has 1 fully saturated rings. The van der Waals surface area contributed by atoms with Gasteiger partial charge >= 0.3 is 5.97 Å². The Bertz CT molecular complexity index is 388. The van der Waals surface area contributed by atoms with Gasteiger partial charge in [0.25, 0.3) is 0 Å². The zero-order chi connectivity index (χ0) is 10.8. The van der Waals surface area contributed by atoms with E-state index in [0.29, 0.717) is 5.82 Å². The van der Waals surface area contributed by atoms with Crippen LogP contribution in [0.4, 0.5) is 11.6 Å². The second-order valence-electron chi connectivity index (χ2n) is 3.51. The Morgan fingerprint density at radius 2 is 2.07 bits per heavy atom. The summed E-state index contributed by atoms with van der Waals surface area (Å²) in [6, 6.07) is 1.35. The number of hydrogen-bond donors (Lipinski definition) is 2. The maximum absolute atomic E-state index is 11.0. The molecule has 0 aliphatic carbocycles. The summed E-state index contributed by atoms with van der Waals surface area (Å²) in [6.45, 7) is 1.66. The molecule has 1 aromatic heterocycles. The van der Waals surface area contributed by atoms with Gasteiger partial charge in [0, 0.05) is 19.2 Å². The summed E-state index contributed by atoms with van der Waals surface area (Å²) >= 11 is 0. The summed E-state index contributed by atoms with van der Waals surface area (Å²) in [5.74, 6) is -0.456. The number of nitrogens with two attached hydrogens (primary N) is 1. The minimum Gasteiger partial charge on any atom is -0.478 e. The predicted octanol–water partition coefficient (Wildman–Crippen LogP) is 0.357. The SMILES string of the molecule is Nc1cc(C(=O)O)c(N2CCCC2)nn1. The van der Waals surface area contributed by atoms with E-state index in [0.717, 1.165) is 25.9 Å². The quantitative estimate of drug-likeness (QED) is 0.728. The Hall–Kier alpha value is -1.85. The molecule has 0 spiro atoms. The third-order valence-electron chi connectivity index (χ3n) is 2.43. The zero-order valence-corrected chi connectivity index (χ0v) is 8.18. The molecule has 0 unspecified atom stereocenters. The lowest BCUT2D eigenvalue weighted by Gasteiger charge is -2.17. The Balaban J connectivity index is 2.40. The van der Waals surface area contributed by atoms with Crippen molar-refractivity contribution in [3.8, 4) is 0 Å². The molecular weight excluding hydrogens is 196 g/mol. The maximum Gasteiger partial charge on any atom is 0.339 e. The molecule has 0 amide bonds. The lowest BCUT2D eigenvalue weighted by Crippen LogP contribution is -2.23. The van der Waals surface area contributed by atoms with Crippen molar-refractivity contribution in [1.82, 2.24) is 10.2 Å². The van der Waals surface area contributed by atoms with Crippen LogP contribution in [0.15, 0.2) is 6.07 Å². The molecule has 2 heterocycles. The van der Waals surface area contributed by atoms with Gasteiger partial charge in [-0.2, -0.15) is 0 Å². The smallest absolute Gasteiger partial charge is 0.339 e. The number of aromatic carboxylic acids is 1. The van der Waals surface area contributed by atoms with Gasteiger partial charge in [-0.05, 0) is 12.8 Å². The topological polar surface area (TPSA) is 92.3 Å². The van der Waals surface area contributed by atoms with E-state index in [9.17, 15) is 4.79 Å². The number of rotatable bonds is 2. The largest absolute Gasteiger partial charge is 0.478 e. The van der Waals surface area contributed by atoms with E-state index in [1.54, 1.807) is 0 Å². The number of carboxylic acid groups (broad SMARTS) is 1. The number of hydrogen-bond acceptors (Lipinski definition) is 5. The number of aromatic nitrogens is 2. The molecule has 1 aliphatic heterocycles. The van der Waals surface area contributed by atoms with Gasteiger partial charge in [0.05, 0.1) is 0 Å². The highest BCUT2D eigenvalue weighted by Crippen LogP contribution is 2.22. The number of nitrogens with zero attached hydrogens (tertiary/aromatic N) is 3. The molecule has 1 aliphatic rings. The molecule has 80 valence electrons. The number of carboxylic acids is 1. The van der Waals surface area contributed by atoms with Crippen molar-refractivity contribution in [1.29, 1.82) is 0 Å². The molecule has 0 atom stereocenters. The highest BCUT2D eigenvalue weighted by atomic mass is 16.4. The summed E-state index contributed by atoms with van der Waals surface area (Å²) in [5.41, 5.74) is 5.54. The van der Waals surface area contributed by atoms with Crippen LogP contribution in [-0.4, -0.2) is 34.4 Å². The Morgan fingerprint density at radius 3 is 2.67 bits per heavy atom. The molecule has 0 bridgehead atoms. The second kappa shape index (κ2) is 3.72. The van der Waals surface area contributed by atoms with Gasteiger partial charge < -0.3 is 15.7 Å². The zero-order valence-electron chi connectivity index (χ0n) is 8.18. The van der Waals surface area contributed by atoms with Gasteiger partial charge in [-0.3, -0.25) is 0 Å². The number of carbonyl (C=O) groups is 1. The van der Waals surface area contributed by atoms with Crippen molar-refractivity contribution in [3.63, 3.8) is 0 Å². The molecule has 6 heteroatoms. The fraction of sp³-hybridized carbons (Fsp3) is 0.444. The summed E-state index contributed by atoms with van der Waals surface area (Å²) < 4.78 is 0. The normalized spacial score (nSPS) is 15.6. The molecule has 15 heavy (non-hydrogen) atoms. The molecule has 3 N–H and O–H groups in total. The molecule has 0 aromatic carbocycles. The van der Waals surface area contributed by atoms with Gasteiger partial charge in [-0.1, -0.05) is 0 Å². The van der Waals surface area contributed by atoms with E-state index in [1.807, 2.05) is 4.90 Å². The van der Waals surface area contributed by atoms with Crippen LogP contribution in [0.25, 0.3) is 0 Å². The van der Waals surface area contributed by atoms with E-state index in [-0.39, 0.29) is 11.4 Å². The predicted molar refractivity (Wildman–Crippen MR) is 54.9 cm³/mol. The third kappa shape index (κ3) is 1.83. The molecule has 1 aromatic rings. The van der Waals surface area contributed by atoms with Crippen molar-refractivity contribution < 1.29 is 9.90 Å². The van der Waals surface area contributed by atoms with Gasteiger partial charge in [-0.15, -0.1) is 10.2 Å². The van der Waals surface area contributed by atoms with Crippen LogP contribution in [0.5, 0.6) is 0 Å². The van der Waals surface area contributed by atoms with E-state index in [4.69, 9.17) is 10.8 Å². The van der Waals surface area contributed by atoms with Crippen LogP contribution in [-0.2, 0) is 0 Å². The highest BCUT2D eigenvalue weighted by Gasteiger charge is 2.21. The lowest BCUT2D eigenvalue weighted by molar-refractivity contribution is 0.0697. The van der Waals surface area contributed by atoms with Crippen molar-refractivity contribution in [3.05, 3.63) is 11.6 Å². The first-order valence-corrected chi connectivity index (χ1v) is 4.80. The van der Waals surface area contributed by atoms with E-state index >= 15 is 0 Å². The van der Waals surface area contributed by atoms with Gasteiger partial charge in [0.2, 0.25) is 0 Å². The minimum absolute atomic E-state index is 0.129. The summed E-state index contributed by atoms with van der Waals surface area (Å²) in [4.78, 5) is 12.9. The molecule has 6 nitrogen and oxygen atoms in total. The number of anilines is 2. The van der Waals surface area contributed by atoms with Crippen LogP contribution in [0.2, 0.25) is 0 Å². The minimum atomic E-state index is -1.02. The molecular formula is C9H12N4O2. The van der Waals surface area contributed by atoms with Gasteiger partial charge in [0.15, 0.2) is 5.82 Å². The Labute approximate surface area is 86.7 Å². The lowest BCUT2D eigenvalue weighted by atomic mass is 10.2. The van der Waals surface area contributed by atoms with E-state index in [2.05, 4.69) is 10.2 Å². The van der Waals surface area contributed by atoms with Crippen molar-refractivity contribution in [2.45, 2.75) is 12.8 Å². The Morgan fingerprint density at radius 1 is 1.40 bits per heavy atom. The molecule has 2 rings (SSSR count). The third-order valence-corrected chi connectivity index (χ3v) is 2.43. The van der Waals surface area contributed by atoms with Crippen LogP contribution in [0, 0.1) is 0 Å². The molecule has 1 saturated heterocycles.